The third-order valence-electron chi connectivity index (χ3n) is 1.60. The molecule has 0 unspecified atom stereocenters. The van der Waals surface area contributed by atoms with Gasteiger partial charge in [0.2, 0.25) is 0 Å². The van der Waals surface area contributed by atoms with Crippen molar-refractivity contribution in [2.45, 2.75) is 6.42 Å². The SMILES string of the molecule is C1=COc2ccccc2C1.[Mo].[Ni]. The summed E-state index contributed by atoms with van der Waals surface area (Å²) in [4.78, 5) is 0. The van der Waals surface area contributed by atoms with Gasteiger partial charge in [0, 0.05) is 37.6 Å². The van der Waals surface area contributed by atoms with Gasteiger partial charge in [0.25, 0.3) is 0 Å². The van der Waals surface area contributed by atoms with Gasteiger partial charge in [0.1, 0.15) is 5.75 Å². The number of fused-ring (bicyclic) bond motifs is 1. The third-order valence-corrected chi connectivity index (χ3v) is 1.60. The zero-order valence-electron chi connectivity index (χ0n) is 6.30. The molecular formula is C9H8MoNiO. The molecule has 1 aromatic carbocycles. The van der Waals surface area contributed by atoms with E-state index in [0.29, 0.717) is 0 Å². The Morgan fingerprint density at radius 3 is 2.67 bits per heavy atom. The summed E-state index contributed by atoms with van der Waals surface area (Å²) >= 11 is 0. The molecule has 0 bridgehead atoms. The van der Waals surface area contributed by atoms with Crippen LogP contribution in [0.15, 0.2) is 36.6 Å². The van der Waals surface area contributed by atoms with Crippen LogP contribution in [0.2, 0.25) is 0 Å². The van der Waals surface area contributed by atoms with E-state index in [1.165, 1.54) is 5.56 Å². The summed E-state index contributed by atoms with van der Waals surface area (Å²) in [5.41, 5.74) is 1.27. The van der Waals surface area contributed by atoms with E-state index in [9.17, 15) is 0 Å². The molecule has 0 saturated carbocycles. The van der Waals surface area contributed by atoms with Gasteiger partial charge < -0.3 is 4.74 Å². The first-order chi connectivity index (χ1) is 4.97. The molecule has 3 heteroatoms. The number of para-hydroxylation sites is 1. The monoisotopic (exact) mass is 288 g/mol. The molecule has 1 nitrogen and oxygen atoms in total. The van der Waals surface area contributed by atoms with Crippen LogP contribution in [-0.2, 0) is 44.0 Å². The summed E-state index contributed by atoms with van der Waals surface area (Å²) in [5.74, 6) is 0.991. The van der Waals surface area contributed by atoms with Crippen LogP contribution in [0.5, 0.6) is 5.75 Å². The van der Waals surface area contributed by atoms with Gasteiger partial charge in [-0.1, -0.05) is 18.2 Å². The molecular weight excluding hydrogens is 279 g/mol. The number of hydrogen-bond acceptors (Lipinski definition) is 1. The van der Waals surface area contributed by atoms with Crippen LogP contribution in [0.4, 0.5) is 0 Å². The Kier molecular flexibility index (Phi) is 5.54. The summed E-state index contributed by atoms with van der Waals surface area (Å²) < 4.78 is 5.24. The maximum absolute atomic E-state index is 5.24. The molecule has 0 amide bonds. The molecule has 0 spiro atoms. The molecule has 0 radical (unpaired) electrons. The van der Waals surface area contributed by atoms with Crippen molar-refractivity contribution in [1.29, 1.82) is 0 Å². The molecule has 66 valence electrons. The van der Waals surface area contributed by atoms with Crippen molar-refractivity contribution >= 4 is 0 Å². The fourth-order valence-electron chi connectivity index (χ4n) is 1.08. The smallest absolute Gasteiger partial charge is 0.130 e. The van der Waals surface area contributed by atoms with Crippen molar-refractivity contribution in [2.24, 2.45) is 0 Å². The van der Waals surface area contributed by atoms with E-state index >= 15 is 0 Å². The number of rotatable bonds is 0. The van der Waals surface area contributed by atoms with Crippen molar-refractivity contribution < 1.29 is 42.3 Å². The molecule has 0 saturated heterocycles. The summed E-state index contributed by atoms with van der Waals surface area (Å²) in [7, 11) is 0. The van der Waals surface area contributed by atoms with Gasteiger partial charge in [0.15, 0.2) is 0 Å². The maximum Gasteiger partial charge on any atom is 0.130 e. The molecule has 0 atom stereocenters. The fraction of sp³-hybridized carbons (Fsp3) is 0.111. The second kappa shape index (κ2) is 5.56. The second-order valence-electron chi connectivity index (χ2n) is 2.30. The van der Waals surface area contributed by atoms with Crippen molar-refractivity contribution in [2.75, 3.05) is 0 Å². The van der Waals surface area contributed by atoms with E-state index in [2.05, 4.69) is 6.07 Å². The minimum atomic E-state index is 0. The zero-order valence-corrected chi connectivity index (χ0v) is 9.30. The molecule has 2 rings (SSSR count). The normalized spacial score (nSPS) is 11.7. The number of ether oxygens (including phenoxy) is 1. The van der Waals surface area contributed by atoms with Crippen molar-refractivity contribution in [1.82, 2.24) is 0 Å². The summed E-state index contributed by atoms with van der Waals surface area (Å²) in [6.07, 6.45) is 4.75. The standard InChI is InChI=1S/C9H8O.Mo.Ni/c1-2-6-9-8(4-1)5-3-7-10-9;;/h1-4,6-7H,5H2;;. The predicted octanol–water partition coefficient (Wildman–Crippen LogP) is 2.13. The third kappa shape index (κ3) is 2.47. The van der Waals surface area contributed by atoms with Crippen molar-refractivity contribution in [3.63, 3.8) is 0 Å². The van der Waals surface area contributed by atoms with Crippen LogP contribution < -0.4 is 4.74 Å². The van der Waals surface area contributed by atoms with Crippen LogP contribution >= 0.6 is 0 Å². The van der Waals surface area contributed by atoms with Gasteiger partial charge in [-0.25, -0.2) is 0 Å². The Labute approximate surface area is 96.4 Å². The van der Waals surface area contributed by atoms with Crippen molar-refractivity contribution in [3.05, 3.63) is 42.2 Å². The van der Waals surface area contributed by atoms with E-state index in [1.54, 1.807) is 6.26 Å². The molecule has 0 fully saturated rings. The Morgan fingerprint density at radius 1 is 1.17 bits per heavy atom. The molecule has 0 aromatic heterocycles. The van der Waals surface area contributed by atoms with Gasteiger partial charge in [-0.2, -0.15) is 0 Å². The van der Waals surface area contributed by atoms with Crippen LogP contribution in [-0.4, -0.2) is 0 Å². The van der Waals surface area contributed by atoms with E-state index in [1.807, 2.05) is 24.3 Å². The molecule has 0 N–H and O–H groups in total. The average molecular weight is 287 g/mol. The zero-order chi connectivity index (χ0) is 6.81. The minimum absolute atomic E-state index is 0. The predicted molar refractivity (Wildman–Crippen MR) is 39.9 cm³/mol. The van der Waals surface area contributed by atoms with Gasteiger partial charge in [-0.3, -0.25) is 0 Å². The maximum atomic E-state index is 5.24. The molecule has 0 aliphatic carbocycles. The first kappa shape index (κ1) is 11.9. The van der Waals surface area contributed by atoms with E-state index in [4.69, 9.17) is 4.74 Å². The molecule has 1 aromatic rings. The quantitative estimate of drug-likeness (QED) is 0.664. The van der Waals surface area contributed by atoms with Crippen LogP contribution in [0.3, 0.4) is 0 Å². The van der Waals surface area contributed by atoms with Gasteiger partial charge >= 0.3 is 0 Å². The first-order valence-electron chi connectivity index (χ1n) is 3.36. The van der Waals surface area contributed by atoms with Gasteiger partial charge in [0.05, 0.1) is 6.26 Å². The molecule has 1 heterocycles. The number of hydrogen-bond donors (Lipinski definition) is 0. The van der Waals surface area contributed by atoms with Gasteiger partial charge in [-0.05, 0) is 24.1 Å². The first-order valence-corrected chi connectivity index (χ1v) is 3.36. The molecule has 1 aliphatic heterocycles. The van der Waals surface area contributed by atoms with E-state index in [0.717, 1.165) is 12.2 Å². The minimum Gasteiger partial charge on any atom is -0.465 e. The topological polar surface area (TPSA) is 9.23 Å². The van der Waals surface area contributed by atoms with Crippen LogP contribution in [0.1, 0.15) is 5.56 Å². The Hall–Kier alpha value is -0.0582. The summed E-state index contributed by atoms with van der Waals surface area (Å²) in [6, 6.07) is 8.08. The summed E-state index contributed by atoms with van der Waals surface area (Å²) in [6.45, 7) is 0. The van der Waals surface area contributed by atoms with Crippen molar-refractivity contribution in [3.8, 4) is 5.75 Å². The number of allylic oxidation sites excluding steroid dienone is 1. The Balaban J connectivity index is 0.000000605. The van der Waals surface area contributed by atoms with E-state index in [-0.39, 0.29) is 37.6 Å². The fourth-order valence-corrected chi connectivity index (χ4v) is 1.08. The van der Waals surface area contributed by atoms with E-state index < -0.39 is 0 Å². The largest absolute Gasteiger partial charge is 0.465 e. The number of benzene rings is 1. The average Bonchev–Trinajstić information content (AvgIpc) is 2.05. The second-order valence-corrected chi connectivity index (χ2v) is 2.30. The van der Waals surface area contributed by atoms with Crippen LogP contribution in [0.25, 0.3) is 0 Å². The van der Waals surface area contributed by atoms with Gasteiger partial charge in [-0.15, -0.1) is 0 Å². The van der Waals surface area contributed by atoms with Crippen LogP contribution in [0, 0.1) is 0 Å². The Morgan fingerprint density at radius 2 is 1.92 bits per heavy atom. The molecule has 1 aliphatic rings. The Bertz CT molecular complexity index is 246. The molecule has 12 heavy (non-hydrogen) atoms. The summed E-state index contributed by atoms with van der Waals surface area (Å²) in [5, 5.41) is 0.